The van der Waals surface area contributed by atoms with Crippen LogP contribution in [0.3, 0.4) is 0 Å². The van der Waals surface area contributed by atoms with E-state index in [-0.39, 0.29) is 0 Å². The van der Waals surface area contributed by atoms with Crippen LogP contribution >= 0.6 is 11.3 Å². The minimum Gasteiger partial charge on any atom is -0.310 e. The molecule has 1 aliphatic rings. The Morgan fingerprint density at radius 2 is 0.902 bits per heavy atom. The fraction of sp³-hybridized carbons (Fsp3) is 0.0169. The van der Waals surface area contributed by atoms with Crippen LogP contribution in [0.1, 0.15) is 22.3 Å². The fourth-order valence-electron chi connectivity index (χ4n) is 10.1. The molecule has 61 heavy (non-hydrogen) atoms. The Kier molecular flexibility index (Phi) is 8.33. The van der Waals surface area contributed by atoms with E-state index < -0.39 is 5.41 Å². The number of para-hydroxylation sites is 1. The van der Waals surface area contributed by atoms with Crippen molar-refractivity contribution in [2.75, 3.05) is 4.90 Å². The molecule has 286 valence electrons. The van der Waals surface area contributed by atoms with Gasteiger partial charge in [0.25, 0.3) is 0 Å². The van der Waals surface area contributed by atoms with Crippen LogP contribution < -0.4 is 4.90 Å². The number of nitrogens with zero attached hydrogens (tertiary/aromatic N) is 1. The summed E-state index contributed by atoms with van der Waals surface area (Å²) in [7, 11) is 0. The summed E-state index contributed by atoms with van der Waals surface area (Å²) in [4.78, 5) is 2.43. The predicted molar refractivity (Wildman–Crippen MR) is 260 cm³/mol. The van der Waals surface area contributed by atoms with Gasteiger partial charge in [-0.05, 0) is 110 Å². The van der Waals surface area contributed by atoms with Crippen LogP contribution in [-0.2, 0) is 5.41 Å². The second kappa shape index (κ2) is 14.3. The van der Waals surface area contributed by atoms with Gasteiger partial charge in [-0.25, -0.2) is 0 Å². The van der Waals surface area contributed by atoms with E-state index >= 15 is 0 Å². The predicted octanol–water partition coefficient (Wildman–Crippen LogP) is 16.4. The molecule has 10 aromatic carbocycles. The topological polar surface area (TPSA) is 3.24 Å². The minimum absolute atomic E-state index is 0.473. The SMILES string of the molecule is c1ccc(-c2ccc(N(c3ccccc3)c3cccc4sc5c6ccccc6c(-c6ccc7c(c6)C(c6ccccc6)(c6ccccc6)c6ccccc6-7)cc5c34)cc2)cc1. The molecule has 1 nitrogen and oxygen atoms in total. The zero-order chi connectivity index (χ0) is 40.3. The number of benzene rings is 10. The highest BCUT2D eigenvalue weighted by molar-refractivity contribution is 7.26. The van der Waals surface area contributed by atoms with E-state index in [9.17, 15) is 0 Å². The van der Waals surface area contributed by atoms with Gasteiger partial charge in [-0.15, -0.1) is 11.3 Å². The third-order valence-electron chi connectivity index (χ3n) is 12.7. The van der Waals surface area contributed by atoms with E-state index in [1.807, 2.05) is 11.3 Å². The van der Waals surface area contributed by atoms with Gasteiger partial charge in [0.1, 0.15) is 0 Å². The van der Waals surface area contributed by atoms with Crippen molar-refractivity contribution >= 4 is 59.3 Å². The van der Waals surface area contributed by atoms with Crippen molar-refractivity contribution in [2.45, 2.75) is 5.41 Å². The number of thiophene rings is 1. The Hall–Kier alpha value is -7.52. The van der Waals surface area contributed by atoms with Crippen LogP contribution in [-0.4, -0.2) is 0 Å². The molecular formula is C59H39NS. The molecule has 0 bridgehead atoms. The van der Waals surface area contributed by atoms with Crippen LogP contribution in [0.5, 0.6) is 0 Å². The van der Waals surface area contributed by atoms with Crippen molar-refractivity contribution < 1.29 is 0 Å². The third kappa shape index (κ3) is 5.53. The maximum absolute atomic E-state index is 2.50. The molecule has 1 heterocycles. The van der Waals surface area contributed by atoms with E-state index in [1.165, 1.54) is 92.3 Å². The van der Waals surface area contributed by atoms with E-state index in [0.717, 1.165) is 11.4 Å². The highest BCUT2D eigenvalue weighted by Gasteiger charge is 2.46. The third-order valence-corrected chi connectivity index (χ3v) is 13.9. The van der Waals surface area contributed by atoms with Crippen LogP contribution in [0.2, 0.25) is 0 Å². The van der Waals surface area contributed by atoms with Gasteiger partial charge in [0.05, 0.1) is 11.1 Å². The number of rotatable bonds is 7. The highest BCUT2D eigenvalue weighted by atomic mass is 32.1. The highest BCUT2D eigenvalue weighted by Crippen LogP contribution is 2.57. The fourth-order valence-corrected chi connectivity index (χ4v) is 11.3. The maximum Gasteiger partial charge on any atom is 0.0713 e. The second-order valence-electron chi connectivity index (χ2n) is 16.0. The summed E-state index contributed by atoms with van der Waals surface area (Å²) in [6.45, 7) is 0. The first kappa shape index (κ1) is 35.4. The van der Waals surface area contributed by atoms with Gasteiger partial charge in [-0.3, -0.25) is 0 Å². The summed E-state index contributed by atoms with van der Waals surface area (Å²) in [6, 6.07) is 87.2. The van der Waals surface area contributed by atoms with Crippen LogP contribution in [0.4, 0.5) is 17.1 Å². The van der Waals surface area contributed by atoms with Gasteiger partial charge in [0.2, 0.25) is 0 Å². The second-order valence-corrected chi connectivity index (χ2v) is 17.0. The van der Waals surface area contributed by atoms with Crippen molar-refractivity contribution in [1.29, 1.82) is 0 Å². The summed E-state index contributed by atoms with van der Waals surface area (Å²) >= 11 is 1.90. The van der Waals surface area contributed by atoms with E-state index in [2.05, 4.69) is 241 Å². The Labute approximate surface area is 360 Å². The first-order valence-corrected chi connectivity index (χ1v) is 21.8. The van der Waals surface area contributed by atoms with Crippen molar-refractivity contribution in [3.63, 3.8) is 0 Å². The molecule has 0 atom stereocenters. The Morgan fingerprint density at radius 3 is 1.62 bits per heavy atom. The molecule has 12 rings (SSSR count). The molecule has 0 radical (unpaired) electrons. The first-order valence-electron chi connectivity index (χ1n) is 21.0. The summed E-state index contributed by atoms with van der Waals surface area (Å²) in [5, 5.41) is 5.08. The number of hydrogen-bond donors (Lipinski definition) is 0. The monoisotopic (exact) mass is 793 g/mol. The molecule has 0 spiro atoms. The zero-order valence-corrected chi connectivity index (χ0v) is 34.2. The Bertz CT molecular complexity index is 3350. The summed E-state index contributed by atoms with van der Waals surface area (Å²) in [6.07, 6.45) is 0. The number of fused-ring (bicyclic) bond motifs is 8. The quantitative estimate of drug-likeness (QED) is 0.155. The van der Waals surface area contributed by atoms with E-state index in [1.54, 1.807) is 0 Å². The summed E-state index contributed by atoms with van der Waals surface area (Å²) in [5.74, 6) is 0. The standard InChI is InChI=1S/C59H39NS/c1-5-18-40(19-6-1)41-32-35-46(36-33-41)60(45-24-11-4-12-25-45)55-30-17-31-56-57(55)52-39-51(47-26-13-14-28-50(47)58(52)61-56)42-34-37-49-48-27-15-16-29-53(48)59(54(49)38-42,43-20-7-2-8-21-43)44-22-9-3-10-23-44/h1-39H. The van der Waals surface area contributed by atoms with Crippen LogP contribution in [0, 0.1) is 0 Å². The van der Waals surface area contributed by atoms with Crippen molar-refractivity contribution in [3.8, 4) is 33.4 Å². The molecule has 0 N–H and O–H groups in total. The molecule has 0 unspecified atom stereocenters. The maximum atomic E-state index is 2.50. The van der Waals surface area contributed by atoms with Gasteiger partial charge < -0.3 is 4.90 Å². The number of anilines is 3. The lowest BCUT2D eigenvalue weighted by Crippen LogP contribution is -2.28. The van der Waals surface area contributed by atoms with E-state index in [0.29, 0.717) is 0 Å². The van der Waals surface area contributed by atoms with Crippen LogP contribution in [0.25, 0.3) is 64.3 Å². The van der Waals surface area contributed by atoms with Gasteiger partial charge in [0, 0.05) is 36.9 Å². The first-order chi connectivity index (χ1) is 30.3. The molecular weight excluding hydrogens is 755 g/mol. The van der Waals surface area contributed by atoms with Crippen molar-refractivity contribution in [3.05, 3.63) is 259 Å². The molecule has 0 saturated carbocycles. The zero-order valence-electron chi connectivity index (χ0n) is 33.4. The summed E-state index contributed by atoms with van der Waals surface area (Å²) < 4.78 is 2.58. The smallest absolute Gasteiger partial charge is 0.0713 e. The van der Waals surface area contributed by atoms with Gasteiger partial charge in [-0.2, -0.15) is 0 Å². The average Bonchev–Trinajstić information content (AvgIpc) is 3.87. The van der Waals surface area contributed by atoms with Gasteiger partial charge >= 0.3 is 0 Å². The lowest BCUT2D eigenvalue weighted by Gasteiger charge is -2.34. The molecule has 0 amide bonds. The largest absolute Gasteiger partial charge is 0.310 e. The molecule has 0 aliphatic heterocycles. The lowest BCUT2D eigenvalue weighted by molar-refractivity contribution is 0.769. The van der Waals surface area contributed by atoms with Crippen molar-refractivity contribution in [1.82, 2.24) is 0 Å². The Morgan fingerprint density at radius 1 is 0.344 bits per heavy atom. The average molecular weight is 794 g/mol. The lowest BCUT2D eigenvalue weighted by atomic mass is 9.67. The molecule has 2 heteroatoms. The molecule has 1 aromatic heterocycles. The molecule has 11 aromatic rings. The molecule has 1 aliphatic carbocycles. The minimum atomic E-state index is -0.473. The number of hydrogen-bond acceptors (Lipinski definition) is 2. The normalized spacial score (nSPS) is 12.7. The van der Waals surface area contributed by atoms with Gasteiger partial charge in [0.15, 0.2) is 0 Å². The van der Waals surface area contributed by atoms with Crippen molar-refractivity contribution in [2.24, 2.45) is 0 Å². The molecule has 0 fully saturated rings. The molecule has 0 saturated heterocycles. The van der Waals surface area contributed by atoms with Gasteiger partial charge in [-0.1, -0.05) is 188 Å². The summed E-state index contributed by atoms with van der Waals surface area (Å²) in [5.41, 5.74) is 15.6. The van der Waals surface area contributed by atoms with Crippen LogP contribution in [0.15, 0.2) is 237 Å². The van der Waals surface area contributed by atoms with E-state index in [4.69, 9.17) is 0 Å². The Balaban J connectivity index is 1.11.